The Kier molecular flexibility index (Phi) is 6.70. The van der Waals surface area contributed by atoms with E-state index in [9.17, 15) is 4.79 Å². The van der Waals surface area contributed by atoms with Gasteiger partial charge < -0.3 is 15.6 Å². The van der Waals surface area contributed by atoms with Gasteiger partial charge in [0.15, 0.2) is 5.69 Å². The van der Waals surface area contributed by atoms with Crippen molar-refractivity contribution in [1.82, 2.24) is 30.6 Å². The number of nitrogens with zero attached hydrogens (tertiary/aromatic N) is 3. The number of nitrogens with one attached hydrogen (secondary N) is 3. The summed E-state index contributed by atoms with van der Waals surface area (Å²) < 4.78 is 1.92. The van der Waals surface area contributed by atoms with Crippen LogP contribution in [0, 0.1) is 6.92 Å². The van der Waals surface area contributed by atoms with Gasteiger partial charge in [-0.25, -0.2) is 4.68 Å². The molecule has 3 N–H and O–H groups in total. The van der Waals surface area contributed by atoms with Gasteiger partial charge in [-0.15, -0.1) is 17.5 Å². The molecule has 2 aromatic heterocycles. The number of fused-ring (bicyclic) bond motifs is 1. The first-order valence-corrected chi connectivity index (χ1v) is 9.69. The van der Waals surface area contributed by atoms with Crippen LogP contribution in [0.15, 0.2) is 30.5 Å². The second-order valence-corrected chi connectivity index (χ2v) is 7.17. The Morgan fingerprint density at radius 3 is 2.89 bits per heavy atom. The highest BCUT2D eigenvalue weighted by molar-refractivity contribution is 5.93. The average Bonchev–Trinajstić information content (AvgIpc) is 3.29. The number of aryl methyl sites for hydroxylation is 1. The molecule has 1 saturated heterocycles. The van der Waals surface area contributed by atoms with Crippen LogP contribution >= 0.6 is 12.4 Å². The predicted molar refractivity (Wildman–Crippen MR) is 112 cm³/mol. The molecular weight excluding hydrogens is 376 g/mol. The fraction of sp³-hybridized carbons (Fsp3) is 0.450. The van der Waals surface area contributed by atoms with Crippen molar-refractivity contribution in [2.45, 2.75) is 38.6 Å². The quantitative estimate of drug-likeness (QED) is 0.553. The van der Waals surface area contributed by atoms with Crippen LogP contribution in [0.1, 0.15) is 47.1 Å². The minimum absolute atomic E-state index is 0. The summed E-state index contributed by atoms with van der Waals surface area (Å²) >= 11 is 0. The Labute approximate surface area is 170 Å². The molecule has 0 bridgehead atoms. The maximum Gasteiger partial charge on any atom is 0.273 e. The van der Waals surface area contributed by atoms with Gasteiger partial charge in [-0.2, -0.15) is 0 Å². The van der Waals surface area contributed by atoms with Gasteiger partial charge in [0.2, 0.25) is 0 Å². The van der Waals surface area contributed by atoms with Gasteiger partial charge in [0.05, 0.1) is 11.7 Å². The summed E-state index contributed by atoms with van der Waals surface area (Å²) in [6.45, 7) is 4.53. The zero-order valence-corrected chi connectivity index (χ0v) is 16.9. The lowest BCUT2D eigenvalue weighted by atomic mass is 10.1. The Morgan fingerprint density at radius 1 is 1.29 bits per heavy atom. The van der Waals surface area contributed by atoms with E-state index in [1.165, 1.54) is 10.9 Å². The molecule has 0 spiro atoms. The molecule has 3 heterocycles. The van der Waals surface area contributed by atoms with E-state index in [4.69, 9.17) is 0 Å². The van der Waals surface area contributed by atoms with Gasteiger partial charge in [-0.3, -0.25) is 4.79 Å². The lowest BCUT2D eigenvalue weighted by Crippen LogP contribution is -2.30. The smallest absolute Gasteiger partial charge is 0.273 e. The van der Waals surface area contributed by atoms with E-state index in [1.807, 2.05) is 17.7 Å². The van der Waals surface area contributed by atoms with E-state index >= 15 is 0 Å². The van der Waals surface area contributed by atoms with Crippen molar-refractivity contribution in [3.05, 3.63) is 47.4 Å². The molecule has 1 fully saturated rings. The zero-order chi connectivity index (χ0) is 18.6. The largest absolute Gasteiger partial charge is 0.361 e. The number of amides is 1. The average molecular weight is 403 g/mol. The SMILES string of the molecule is Cc1c(C(=O)NCCCc2c[nH]c3ccccc23)nnn1C1CCNCC1.Cl. The van der Waals surface area contributed by atoms with E-state index in [2.05, 4.69) is 50.3 Å². The van der Waals surface area contributed by atoms with Gasteiger partial charge in [0, 0.05) is 23.6 Å². The summed E-state index contributed by atoms with van der Waals surface area (Å²) in [6.07, 6.45) is 5.91. The van der Waals surface area contributed by atoms with Crippen LogP contribution in [0.3, 0.4) is 0 Å². The van der Waals surface area contributed by atoms with Crippen molar-refractivity contribution in [3.8, 4) is 0 Å². The lowest BCUT2D eigenvalue weighted by molar-refractivity contribution is 0.0947. The van der Waals surface area contributed by atoms with Crippen molar-refractivity contribution in [2.75, 3.05) is 19.6 Å². The molecule has 4 rings (SSSR count). The zero-order valence-electron chi connectivity index (χ0n) is 16.1. The van der Waals surface area contributed by atoms with Gasteiger partial charge in [0.25, 0.3) is 5.91 Å². The number of hydrogen-bond acceptors (Lipinski definition) is 4. The number of rotatable bonds is 6. The highest BCUT2D eigenvalue weighted by atomic mass is 35.5. The molecule has 8 heteroatoms. The monoisotopic (exact) mass is 402 g/mol. The minimum atomic E-state index is -0.133. The third-order valence-corrected chi connectivity index (χ3v) is 5.38. The molecular formula is C20H27ClN6O. The summed E-state index contributed by atoms with van der Waals surface area (Å²) in [4.78, 5) is 15.8. The third-order valence-electron chi connectivity index (χ3n) is 5.38. The van der Waals surface area contributed by atoms with E-state index in [0.717, 1.165) is 50.0 Å². The first kappa shape index (κ1) is 20.4. The number of carbonyl (C=O) groups is 1. The number of carbonyl (C=O) groups excluding carboxylic acids is 1. The van der Waals surface area contributed by atoms with Crippen molar-refractivity contribution in [1.29, 1.82) is 0 Å². The Balaban J connectivity index is 0.00000225. The van der Waals surface area contributed by atoms with E-state index in [1.54, 1.807) is 0 Å². The van der Waals surface area contributed by atoms with Crippen molar-refractivity contribution in [2.24, 2.45) is 0 Å². The highest BCUT2D eigenvalue weighted by Gasteiger charge is 2.22. The van der Waals surface area contributed by atoms with Crippen LogP contribution in [0.4, 0.5) is 0 Å². The molecule has 150 valence electrons. The lowest BCUT2D eigenvalue weighted by Gasteiger charge is -2.23. The number of hydrogen-bond donors (Lipinski definition) is 3. The molecule has 7 nitrogen and oxygen atoms in total. The van der Waals surface area contributed by atoms with Crippen LogP contribution in [-0.4, -0.2) is 45.5 Å². The van der Waals surface area contributed by atoms with Crippen LogP contribution < -0.4 is 10.6 Å². The maximum atomic E-state index is 12.5. The molecule has 0 aliphatic carbocycles. The normalized spacial score (nSPS) is 14.8. The second kappa shape index (κ2) is 9.21. The number of aromatic amines is 1. The van der Waals surface area contributed by atoms with Crippen LogP contribution in [0.5, 0.6) is 0 Å². The fourth-order valence-corrected chi connectivity index (χ4v) is 3.85. The number of H-pyrrole nitrogens is 1. The number of benzene rings is 1. The van der Waals surface area contributed by atoms with Crippen molar-refractivity contribution < 1.29 is 4.79 Å². The van der Waals surface area contributed by atoms with Crippen LogP contribution in [0.2, 0.25) is 0 Å². The van der Waals surface area contributed by atoms with Crippen LogP contribution in [-0.2, 0) is 6.42 Å². The molecule has 0 radical (unpaired) electrons. The number of halogens is 1. The Hall–Kier alpha value is -2.38. The number of aromatic nitrogens is 4. The van der Waals surface area contributed by atoms with Crippen molar-refractivity contribution in [3.63, 3.8) is 0 Å². The maximum absolute atomic E-state index is 12.5. The van der Waals surface area contributed by atoms with Gasteiger partial charge in [-0.05, 0) is 57.3 Å². The Morgan fingerprint density at radius 2 is 2.07 bits per heavy atom. The summed E-state index contributed by atoms with van der Waals surface area (Å²) in [6, 6.07) is 8.62. The van der Waals surface area contributed by atoms with E-state index < -0.39 is 0 Å². The standard InChI is InChI=1S/C20H26N6O.ClH/c1-14-19(24-25-26(14)16-8-11-21-12-9-16)20(27)22-10-4-5-15-13-23-18-7-3-2-6-17(15)18;/h2-3,6-7,13,16,21,23H,4-5,8-12H2,1H3,(H,22,27);1H. The van der Waals surface area contributed by atoms with E-state index in [-0.39, 0.29) is 18.3 Å². The van der Waals surface area contributed by atoms with Crippen LogP contribution in [0.25, 0.3) is 10.9 Å². The van der Waals surface area contributed by atoms with Gasteiger partial charge in [-0.1, -0.05) is 23.4 Å². The van der Waals surface area contributed by atoms with E-state index in [0.29, 0.717) is 18.3 Å². The molecule has 0 unspecified atom stereocenters. The second-order valence-electron chi connectivity index (χ2n) is 7.17. The highest BCUT2D eigenvalue weighted by Crippen LogP contribution is 2.20. The minimum Gasteiger partial charge on any atom is -0.361 e. The summed E-state index contributed by atoms with van der Waals surface area (Å²) in [5, 5.41) is 16.0. The van der Waals surface area contributed by atoms with Crippen molar-refractivity contribution >= 4 is 29.2 Å². The summed E-state index contributed by atoms with van der Waals surface area (Å²) in [5.74, 6) is -0.133. The van der Waals surface area contributed by atoms with Gasteiger partial charge >= 0.3 is 0 Å². The first-order chi connectivity index (χ1) is 13.2. The molecule has 1 aliphatic rings. The molecule has 1 aromatic carbocycles. The molecule has 28 heavy (non-hydrogen) atoms. The number of para-hydroxylation sites is 1. The molecule has 1 aliphatic heterocycles. The summed E-state index contributed by atoms with van der Waals surface area (Å²) in [5.41, 5.74) is 3.74. The number of piperidine rings is 1. The fourth-order valence-electron chi connectivity index (χ4n) is 3.85. The van der Waals surface area contributed by atoms with Gasteiger partial charge in [0.1, 0.15) is 0 Å². The summed E-state index contributed by atoms with van der Waals surface area (Å²) in [7, 11) is 0. The molecule has 0 atom stereocenters. The topological polar surface area (TPSA) is 87.6 Å². The third kappa shape index (κ3) is 4.20. The Bertz CT molecular complexity index is 928. The molecule has 0 saturated carbocycles. The molecule has 3 aromatic rings. The first-order valence-electron chi connectivity index (χ1n) is 9.69. The predicted octanol–water partition coefficient (Wildman–Crippen LogP) is 2.78. The molecule has 1 amide bonds.